The number of nitrogens with one attached hydrogen (secondary N) is 2. The van der Waals surface area contributed by atoms with Crippen LogP contribution in [0.3, 0.4) is 0 Å². The molecule has 0 fully saturated rings. The molecule has 0 spiro atoms. The van der Waals surface area contributed by atoms with Gasteiger partial charge >= 0.3 is 0 Å². The largest absolute Gasteiger partial charge is 0.355 e. The summed E-state index contributed by atoms with van der Waals surface area (Å²) in [5.41, 5.74) is 1.21. The lowest BCUT2D eigenvalue weighted by Gasteiger charge is -2.03. The van der Waals surface area contributed by atoms with Crippen molar-refractivity contribution in [2.24, 2.45) is 0 Å². The van der Waals surface area contributed by atoms with Gasteiger partial charge in [-0.25, -0.2) is 0 Å². The van der Waals surface area contributed by atoms with Crippen LogP contribution in [0.25, 0.3) is 6.08 Å². The van der Waals surface area contributed by atoms with Crippen molar-refractivity contribution in [3.63, 3.8) is 0 Å². The maximum atomic E-state index is 11.8. The minimum Gasteiger partial charge on any atom is -0.355 e. The first-order chi connectivity index (χ1) is 10.1. The SMILES string of the molecule is CNC(=O)c1ccc(NC(=O)/C=C/c2ccc(C)s2)cc1. The molecule has 1 aromatic carbocycles. The predicted octanol–water partition coefficient (Wildman–Crippen LogP) is 3.07. The molecule has 5 heteroatoms. The molecule has 1 aromatic heterocycles. The summed E-state index contributed by atoms with van der Waals surface area (Å²) in [6, 6.07) is 10.7. The van der Waals surface area contributed by atoms with Crippen LogP contribution in [0, 0.1) is 6.92 Å². The fourth-order valence-corrected chi connectivity index (χ4v) is 2.51. The fraction of sp³-hybridized carbons (Fsp3) is 0.125. The van der Waals surface area contributed by atoms with Crippen LogP contribution in [0.1, 0.15) is 20.1 Å². The molecule has 1 heterocycles. The summed E-state index contributed by atoms with van der Waals surface area (Å²) >= 11 is 1.63. The molecule has 0 saturated heterocycles. The molecule has 2 aromatic rings. The number of carbonyl (C=O) groups excluding carboxylic acids is 2. The summed E-state index contributed by atoms with van der Waals surface area (Å²) in [6.07, 6.45) is 3.28. The Morgan fingerprint density at radius 1 is 1.10 bits per heavy atom. The van der Waals surface area contributed by atoms with E-state index in [2.05, 4.69) is 10.6 Å². The molecule has 0 atom stereocenters. The molecule has 2 amide bonds. The number of aryl methyl sites for hydroxylation is 1. The highest BCUT2D eigenvalue weighted by Crippen LogP contribution is 2.16. The van der Waals surface area contributed by atoms with Crippen LogP contribution >= 0.6 is 11.3 Å². The summed E-state index contributed by atoms with van der Waals surface area (Å²) < 4.78 is 0. The van der Waals surface area contributed by atoms with E-state index in [0.29, 0.717) is 11.3 Å². The number of thiophene rings is 1. The number of anilines is 1. The molecule has 2 N–H and O–H groups in total. The van der Waals surface area contributed by atoms with E-state index in [-0.39, 0.29) is 11.8 Å². The summed E-state index contributed by atoms with van der Waals surface area (Å²) in [6.45, 7) is 2.02. The minimum absolute atomic E-state index is 0.152. The molecule has 0 radical (unpaired) electrons. The van der Waals surface area contributed by atoms with E-state index in [1.54, 1.807) is 48.7 Å². The Bertz CT molecular complexity index is 672. The van der Waals surface area contributed by atoms with E-state index in [1.807, 2.05) is 19.1 Å². The molecule has 108 valence electrons. The van der Waals surface area contributed by atoms with Gasteiger partial charge in [0.2, 0.25) is 5.91 Å². The zero-order valence-electron chi connectivity index (χ0n) is 11.8. The number of carbonyl (C=O) groups is 2. The number of benzene rings is 1. The molecule has 0 aliphatic heterocycles. The minimum atomic E-state index is -0.200. The normalized spacial score (nSPS) is 10.6. The van der Waals surface area contributed by atoms with Gasteiger partial charge in [-0.2, -0.15) is 0 Å². The zero-order chi connectivity index (χ0) is 15.2. The van der Waals surface area contributed by atoms with Gasteiger partial charge in [-0.15, -0.1) is 11.3 Å². The highest BCUT2D eigenvalue weighted by Gasteiger charge is 2.03. The van der Waals surface area contributed by atoms with E-state index < -0.39 is 0 Å². The summed E-state index contributed by atoms with van der Waals surface area (Å²) in [5.74, 6) is -0.352. The number of hydrogen-bond donors (Lipinski definition) is 2. The van der Waals surface area contributed by atoms with Gasteiger partial charge in [0.25, 0.3) is 5.91 Å². The van der Waals surface area contributed by atoms with Gasteiger partial charge in [0.1, 0.15) is 0 Å². The lowest BCUT2D eigenvalue weighted by Crippen LogP contribution is -2.17. The molecule has 0 saturated carbocycles. The van der Waals surface area contributed by atoms with Gasteiger partial charge in [0.05, 0.1) is 0 Å². The van der Waals surface area contributed by atoms with Crippen LogP contribution in [0.4, 0.5) is 5.69 Å². The van der Waals surface area contributed by atoms with E-state index in [1.165, 1.54) is 11.0 Å². The quantitative estimate of drug-likeness (QED) is 0.853. The van der Waals surface area contributed by atoms with Gasteiger partial charge < -0.3 is 10.6 Å². The summed E-state index contributed by atoms with van der Waals surface area (Å²) in [7, 11) is 1.58. The molecule has 0 aliphatic rings. The first kappa shape index (κ1) is 15.0. The van der Waals surface area contributed by atoms with Gasteiger partial charge in [-0.3, -0.25) is 9.59 Å². The van der Waals surface area contributed by atoms with Crippen molar-refractivity contribution in [2.45, 2.75) is 6.92 Å². The first-order valence-electron chi connectivity index (χ1n) is 6.46. The molecular weight excluding hydrogens is 284 g/mol. The average molecular weight is 300 g/mol. The maximum absolute atomic E-state index is 11.8. The second-order valence-corrected chi connectivity index (χ2v) is 5.75. The van der Waals surface area contributed by atoms with Crippen molar-refractivity contribution >= 4 is 34.9 Å². The predicted molar refractivity (Wildman–Crippen MR) is 86.6 cm³/mol. The third-order valence-corrected chi connectivity index (χ3v) is 3.77. The maximum Gasteiger partial charge on any atom is 0.251 e. The van der Waals surface area contributed by atoms with E-state index in [0.717, 1.165) is 4.88 Å². The van der Waals surface area contributed by atoms with Gasteiger partial charge in [0, 0.05) is 34.1 Å². The lowest BCUT2D eigenvalue weighted by molar-refractivity contribution is -0.111. The molecule has 2 rings (SSSR count). The highest BCUT2D eigenvalue weighted by molar-refractivity contribution is 7.12. The second kappa shape index (κ2) is 6.85. The highest BCUT2D eigenvalue weighted by atomic mass is 32.1. The second-order valence-electron chi connectivity index (χ2n) is 4.43. The Balaban J connectivity index is 1.96. The van der Waals surface area contributed by atoms with Crippen molar-refractivity contribution in [3.05, 3.63) is 57.8 Å². The lowest BCUT2D eigenvalue weighted by atomic mass is 10.2. The smallest absolute Gasteiger partial charge is 0.251 e. The van der Waals surface area contributed by atoms with Crippen LogP contribution in [0.15, 0.2) is 42.5 Å². The molecule has 4 nitrogen and oxygen atoms in total. The molecule has 0 aliphatic carbocycles. The molecular formula is C16H16N2O2S. The van der Waals surface area contributed by atoms with Gasteiger partial charge in [-0.1, -0.05) is 0 Å². The van der Waals surface area contributed by atoms with E-state index in [4.69, 9.17) is 0 Å². The summed E-state index contributed by atoms with van der Waals surface area (Å²) in [4.78, 5) is 25.4. The first-order valence-corrected chi connectivity index (χ1v) is 7.28. The Labute approximate surface area is 127 Å². The molecule has 0 unspecified atom stereocenters. The van der Waals surface area contributed by atoms with Crippen LogP contribution in [0.2, 0.25) is 0 Å². The third-order valence-electron chi connectivity index (χ3n) is 2.80. The monoisotopic (exact) mass is 300 g/mol. The van der Waals surface area contributed by atoms with Crippen LogP contribution in [-0.2, 0) is 4.79 Å². The standard InChI is InChI=1S/C16H16N2O2S/c1-11-3-8-14(21-11)9-10-15(19)18-13-6-4-12(5-7-13)16(20)17-2/h3-10H,1-2H3,(H,17,20)(H,18,19)/b10-9+. The van der Waals surface area contributed by atoms with Crippen LogP contribution in [0.5, 0.6) is 0 Å². The van der Waals surface area contributed by atoms with Crippen LogP contribution < -0.4 is 10.6 Å². The number of rotatable bonds is 4. The Morgan fingerprint density at radius 2 is 1.81 bits per heavy atom. The van der Waals surface area contributed by atoms with Crippen molar-refractivity contribution in [1.82, 2.24) is 5.32 Å². The van der Waals surface area contributed by atoms with Crippen molar-refractivity contribution in [1.29, 1.82) is 0 Å². The van der Waals surface area contributed by atoms with E-state index in [9.17, 15) is 9.59 Å². The Hall–Kier alpha value is -2.40. The number of hydrogen-bond acceptors (Lipinski definition) is 3. The molecule has 21 heavy (non-hydrogen) atoms. The van der Waals surface area contributed by atoms with E-state index >= 15 is 0 Å². The topological polar surface area (TPSA) is 58.2 Å². The average Bonchev–Trinajstić information content (AvgIpc) is 2.91. The third kappa shape index (κ3) is 4.29. The van der Waals surface area contributed by atoms with Gasteiger partial charge in [0.15, 0.2) is 0 Å². The van der Waals surface area contributed by atoms with Crippen molar-refractivity contribution < 1.29 is 9.59 Å². The van der Waals surface area contributed by atoms with Gasteiger partial charge in [-0.05, 0) is 49.4 Å². The number of amides is 2. The zero-order valence-corrected chi connectivity index (χ0v) is 12.7. The van der Waals surface area contributed by atoms with Crippen molar-refractivity contribution in [3.8, 4) is 0 Å². The summed E-state index contributed by atoms with van der Waals surface area (Å²) in [5, 5.41) is 5.30. The molecule has 0 bridgehead atoms. The fourth-order valence-electron chi connectivity index (χ4n) is 1.73. The Morgan fingerprint density at radius 3 is 2.38 bits per heavy atom. The van der Waals surface area contributed by atoms with Crippen molar-refractivity contribution in [2.75, 3.05) is 12.4 Å². The van der Waals surface area contributed by atoms with Crippen LogP contribution in [-0.4, -0.2) is 18.9 Å². The Kier molecular flexibility index (Phi) is 4.90.